The number of aromatic nitrogens is 5. The van der Waals surface area contributed by atoms with Crippen LogP contribution < -0.4 is 5.32 Å². The maximum atomic E-state index is 17.2. The van der Waals surface area contributed by atoms with Gasteiger partial charge in [0.2, 0.25) is 0 Å². The van der Waals surface area contributed by atoms with Crippen LogP contribution in [0.4, 0.5) is 15.0 Å². The summed E-state index contributed by atoms with van der Waals surface area (Å²) in [6.45, 7) is 1.77. The largest absolute Gasteiger partial charge is 0.508 e. The van der Waals surface area contributed by atoms with Crippen molar-refractivity contribution in [1.29, 1.82) is 0 Å². The Bertz CT molecular complexity index is 2630. The molecular formula is C46H39Cl2FN6O5S. The molecule has 3 fully saturated rings. The van der Waals surface area contributed by atoms with Gasteiger partial charge in [-0.3, -0.25) is 4.79 Å². The van der Waals surface area contributed by atoms with Crippen LogP contribution in [0.3, 0.4) is 0 Å². The molecule has 3 aromatic carbocycles. The highest BCUT2D eigenvalue weighted by molar-refractivity contribution is 7.19. The zero-order valence-corrected chi connectivity index (χ0v) is 35.4. The molecule has 2 bridgehead atoms. The second-order valence-electron chi connectivity index (χ2n) is 15.1. The molecule has 3 saturated carbocycles. The van der Waals surface area contributed by atoms with Gasteiger partial charge in [-0.2, -0.15) is 0 Å². The highest BCUT2D eigenvalue weighted by Crippen LogP contribution is 2.52. The number of fused-ring (bicyclic) bond motifs is 4. The van der Waals surface area contributed by atoms with Crippen LogP contribution in [0, 0.1) is 17.7 Å². The van der Waals surface area contributed by atoms with Gasteiger partial charge in [0.15, 0.2) is 23.1 Å². The lowest BCUT2D eigenvalue weighted by Gasteiger charge is -2.53. The van der Waals surface area contributed by atoms with Crippen molar-refractivity contribution in [3.63, 3.8) is 0 Å². The lowest BCUT2D eigenvalue weighted by molar-refractivity contribution is -0.175. The first kappa shape index (κ1) is 40.5. The molecule has 0 unspecified atom stereocenters. The Labute approximate surface area is 364 Å². The van der Waals surface area contributed by atoms with E-state index in [1.807, 2.05) is 65.4 Å². The van der Waals surface area contributed by atoms with Gasteiger partial charge in [0.1, 0.15) is 33.4 Å². The smallest absolute Gasteiger partial charge is 0.469 e. The Morgan fingerprint density at radius 3 is 2.08 bits per heavy atom. The number of halogens is 3. The van der Waals surface area contributed by atoms with E-state index in [0.29, 0.717) is 51.6 Å². The number of nitrogens with zero attached hydrogens (tertiary/aromatic N) is 5. The predicted molar refractivity (Wildman–Crippen MR) is 232 cm³/mol. The SMILES string of the molecule is CCOC(=O)OC12CCC(CC1)[C@H](Nc1nc(-c3cn(C(c4ccccc4)(c4ccccc4)c4ccccc4)c4ncc(Cl)nc34)nc(-c3ccc(Cl)s3)c1F)[C@H]2C(=O)OC. The summed E-state index contributed by atoms with van der Waals surface area (Å²) in [5.41, 5.74) is 1.78. The van der Waals surface area contributed by atoms with E-state index in [1.54, 1.807) is 19.1 Å². The second-order valence-corrected chi connectivity index (χ2v) is 17.2. The molecule has 3 aliphatic carbocycles. The van der Waals surface area contributed by atoms with Gasteiger partial charge in [0, 0.05) is 12.2 Å². The zero-order chi connectivity index (χ0) is 42.3. The summed E-state index contributed by atoms with van der Waals surface area (Å²) < 4.78 is 36.1. The van der Waals surface area contributed by atoms with Crippen LogP contribution in [0.15, 0.2) is 116 Å². The molecule has 3 aliphatic rings. The number of carbonyl (C=O) groups is 2. The van der Waals surface area contributed by atoms with Crippen molar-refractivity contribution in [3.05, 3.63) is 148 Å². The predicted octanol–water partition coefficient (Wildman–Crippen LogP) is 10.6. The fraction of sp³-hybridized carbons (Fsp3) is 0.261. The molecule has 0 spiro atoms. The van der Waals surface area contributed by atoms with Crippen LogP contribution in [-0.4, -0.2) is 62.0 Å². The minimum atomic E-state index is -1.24. The van der Waals surface area contributed by atoms with Gasteiger partial charge in [-0.15, -0.1) is 11.3 Å². The Morgan fingerprint density at radius 1 is 0.902 bits per heavy atom. The summed E-state index contributed by atoms with van der Waals surface area (Å²) in [7, 11) is 1.28. The van der Waals surface area contributed by atoms with Crippen molar-refractivity contribution in [3.8, 4) is 22.0 Å². The lowest BCUT2D eigenvalue weighted by atomic mass is 9.58. The minimum absolute atomic E-state index is 0.0196. The van der Waals surface area contributed by atoms with Crippen LogP contribution in [0.5, 0.6) is 0 Å². The summed E-state index contributed by atoms with van der Waals surface area (Å²) in [4.78, 5) is 46.5. The summed E-state index contributed by atoms with van der Waals surface area (Å²) in [6, 6.07) is 32.9. The van der Waals surface area contributed by atoms with Crippen LogP contribution >= 0.6 is 34.5 Å². The average molecular weight is 878 g/mol. The van der Waals surface area contributed by atoms with E-state index in [2.05, 4.69) is 41.7 Å². The van der Waals surface area contributed by atoms with E-state index in [-0.39, 0.29) is 35.0 Å². The fourth-order valence-electron chi connectivity index (χ4n) is 9.34. The maximum Gasteiger partial charge on any atom is 0.508 e. The number of ether oxygens (including phenoxy) is 3. The van der Waals surface area contributed by atoms with Crippen molar-refractivity contribution in [2.75, 3.05) is 19.0 Å². The molecule has 1 N–H and O–H groups in total. The number of methoxy groups -OCH3 is 1. The number of rotatable bonds is 11. The van der Waals surface area contributed by atoms with E-state index < -0.39 is 41.0 Å². The molecular weight excluding hydrogens is 839 g/mol. The van der Waals surface area contributed by atoms with E-state index in [4.69, 9.17) is 57.3 Å². The molecule has 0 saturated heterocycles. The molecule has 0 radical (unpaired) electrons. The number of carbonyl (C=O) groups excluding carboxylic acids is 2. The van der Waals surface area contributed by atoms with Crippen molar-refractivity contribution >= 4 is 63.6 Å². The highest BCUT2D eigenvalue weighted by atomic mass is 35.5. The van der Waals surface area contributed by atoms with E-state index >= 15 is 4.39 Å². The molecule has 0 amide bonds. The Kier molecular flexibility index (Phi) is 11.0. The Balaban J connectivity index is 1.28. The summed E-state index contributed by atoms with van der Waals surface area (Å²) in [5, 5.41) is 3.45. The van der Waals surface area contributed by atoms with Crippen molar-refractivity contribution < 1.29 is 28.2 Å². The molecule has 7 aromatic rings. The van der Waals surface area contributed by atoms with Gasteiger partial charge >= 0.3 is 12.1 Å². The highest BCUT2D eigenvalue weighted by Gasteiger charge is 2.60. The zero-order valence-electron chi connectivity index (χ0n) is 33.1. The monoisotopic (exact) mass is 876 g/mol. The van der Waals surface area contributed by atoms with Crippen molar-refractivity contribution in [2.24, 2.45) is 11.8 Å². The van der Waals surface area contributed by atoms with Gasteiger partial charge in [-0.05, 0) is 67.3 Å². The van der Waals surface area contributed by atoms with Gasteiger partial charge in [-0.1, -0.05) is 114 Å². The quantitative estimate of drug-likeness (QED) is 0.0990. The first-order valence-corrected chi connectivity index (χ1v) is 21.5. The number of esters is 1. The molecule has 2 atom stereocenters. The van der Waals surface area contributed by atoms with Crippen LogP contribution in [0.2, 0.25) is 9.49 Å². The molecule has 61 heavy (non-hydrogen) atoms. The topological polar surface area (TPSA) is 130 Å². The normalized spacial score (nSPS) is 19.7. The van der Waals surface area contributed by atoms with Gasteiger partial charge in [0.25, 0.3) is 0 Å². The number of benzene rings is 3. The van der Waals surface area contributed by atoms with E-state index in [1.165, 1.54) is 13.3 Å². The number of hydrogen-bond donors (Lipinski definition) is 1. The molecule has 4 aromatic heterocycles. The number of anilines is 1. The minimum Gasteiger partial charge on any atom is -0.469 e. The first-order valence-electron chi connectivity index (χ1n) is 19.9. The summed E-state index contributed by atoms with van der Waals surface area (Å²) in [5.74, 6) is -2.52. The number of thiophene rings is 1. The van der Waals surface area contributed by atoms with Crippen LogP contribution in [-0.2, 0) is 24.5 Å². The van der Waals surface area contributed by atoms with Crippen molar-refractivity contribution in [2.45, 2.75) is 49.8 Å². The van der Waals surface area contributed by atoms with Gasteiger partial charge < -0.3 is 24.1 Å². The van der Waals surface area contributed by atoms with Crippen LogP contribution in [0.1, 0.15) is 49.3 Å². The molecule has 0 aliphatic heterocycles. The van der Waals surface area contributed by atoms with Crippen molar-refractivity contribution in [1.82, 2.24) is 24.5 Å². The van der Waals surface area contributed by atoms with Crippen LogP contribution in [0.25, 0.3) is 33.1 Å². The van der Waals surface area contributed by atoms with E-state index in [9.17, 15) is 9.59 Å². The lowest BCUT2D eigenvalue weighted by Crippen LogP contribution is -2.63. The Hall–Kier alpha value is -5.89. The van der Waals surface area contributed by atoms with E-state index in [0.717, 1.165) is 28.0 Å². The average Bonchev–Trinajstić information content (AvgIpc) is 3.89. The molecule has 10 rings (SSSR count). The number of nitrogens with one attached hydrogen (secondary N) is 1. The number of hydrogen-bond acceptors (Lipinski definition) is 11. The molecule has 4 heterocycles. The third-order valence-electron chi connectivity index (χ3n) is 11.9. The molecule has 11 nitrogen and oxygen atoms in total. The second kappa shape index (κ2) is 16.5. The molecule has 310 valence electrons. The van der Waals surface area contributed by atoms with Gasteiger partial charge in [-0.25, -0.2) is 29.1 Å². The standard InChI is InChI=1S/C46H39Cl2FN6O5S/c1-3-59-44(57)60-45-23-21-27(22-24-45)37(35(45)43(56)58-2)52-41-36(49)39(32-19-20-34(48)61-32)53-40(54-41)31-26-55(42-38(31)51-33(47)25-50-42)46(28-13-7-4-8-14-28,29-15-9-5-10-16-29)30-17-11-6-12-18-30/h4-20,25-27,35,37H,3,21-24H2,1-2H3,(H,52,53,54)/t27?,35-,37-,45?/m0/s1. The van der Waals surface area contributed by atoms with Gasteiger partial charge in [0.05, 0.1) is 34.7 Å². The third kappa shape index (κ3) is 7.08. The Morgan fingerprint density at radius 2 is 1.52 bits per heavy atom. The molecule has 15 heteroatoms. The third-order valence-corrected chi connectivity index (χ3v) is 13.3. The first-order chi connectivity index (χ1) is 29.7. The summed E-state index contributed by atoms with van der Waals surface area (Å²) >= 11 is 14.2. The fourth-order valence-corrected chi connectivity index (χ4v) is 10.5. The maximum absolute atomic E-state index is 17.2. The summed E-state index contributed by atoms with van der Waals surface area (Å²) in [6.07, 6.45) is 4.52.